The number of nitrogens with zero attached hydrogens (tertiary/aromatic N) is 3. The Labute approximate surface area is 217 Å². The van der Waals surface area contributed by atoms with Gasteiger partial charge in [-0.1, -0.05) is 66.7 Å². The molecule has 0 amide bonds. The standard InChI is InChI=1S/C32H23B2N3/c1-35-24-14-5-3-10-20(24)33-22-12-7-13-23-32(22)37(28-18-8-16-26(35)30(28)33)29-19-9-17-27-31(29)34(23)21-11-4-6-15-25(21)36(27)2/h3-19H,1-2H3. The van der Waals surface area contributed by atoms with Crippen LogP contribution in [-0.4, -0.2) is 27.5 Å². The van der Waals surface area contributed by atoms with E-state index < -0.39 is 0 Å². The van der Waals surface area contributed by atoms with Crippen LogP contribution in [0.1, 0.15) is 0 Å². The summed E-state index contributed by atoms with van der Waals surface area (Å²) in [4.78, 5) is 7.31. The van der Waals surface area contributed by atoms with Gasteiger partial charge in [0.25, 0.3) is 13.4 Å². The minimum atomic E-state index is 0.219. The van der Waals surface area contributed by atoms with Crippen LogP contribution in [0.3, 0.4) is 0 Å². The minimum Gasteiger partial charge on any atom is -0.345 e. The number of rotatable bonds is 0. The molecule has 0 saturated carbocycles. The second-order valence-electron chi connectivity index (χ2n) is 10.6. The zero-order valence-corrected chi connectivity index (χ0v) is 20.8. The second kappa shape index (κ2) is 6.68. The van der Waals surface area contributed by atoms with Gasteiger partial charge in [-0.05, 0) is 69.2 Å². The van der Waals surface area contributed by atoms with Crippen LogP contribution in [0, 0.1) is 0 Å². The SMILES string of the molecule is CN1c2ccccc2B2c3cccc4c3N(c3cccc1c32)c1cccc2c1B4c1ccccc1N2C. The van der Waals surface area contributed by atoms with E-state index in [0.717, 1.165) is 0 Å². The Hall–Kier alpha value is -4.37. The molecule has 0 N–H and O–H groups in total. The molecular formula is C32H23B2N3. The second-order valence-corrected chi connectivity index (χ2v) is 10.6. The first kappa shape index (κ1) is 19.8. The fourth-order valence-electron chi connectivity index (χ4n) is 7.61. The van der Waals surface area contributed by atoms with Crippen molar-refractivity contribution in [2.24, 2.45) is 0 Å². The Bertz CT molecular complexity index is 1690. The smallest absolute Gasteiger partial charge is 0.252 e. The zero-order chi connectivity index (χ0) is 24.4. The summed E-state index contributed by atoms with van der Waals surface area (Å²) in [6, 6.07) is 38.6. The van der Waals surface area contributed by atoms with E-state index in [1.807, 2.05) is 0 Å². The molecule has 4 aliphatic heterocycles. The van der Waals surface area contributed by atoms with Crippen molar-refractivity contribution >= 4 is 86.0 Å². The van der Waals surface area contributed by atoms with E-state index in [2.05, 4.69) is 132 Å². The number of hydrogen-bond acceptors (Lipinski definition) is 3. The van der Waals surface area contributed by atoms with Crippen LogP contribution in [0.25, 0.3) is 0 Å². The third-order valence-corrected chi connectivity index (χ3v) is 9.06. The molecule has 5 heteroatoms. The molecule has 4 heterocycles. The summed E-state index contributed by atoms with van der Waals surface area (Å²) in [6.07, 6.45) is 0. The fraction of sp³-hybridized carbons (Fsp3) is 0.0625. The zero-order valence-electron chi connectivity index (χ0n) is 20.8. The highest BCUT2D eigenvalue weighted by Gasteiger charge is 2.48. The van der Waals surface area contributed by atoms with Crippen LogP contribution in [0.15, 0.2) is 103 Å². The van der Waals surface area contributed by atoms with Gasteiger partial charge in [0.05, 0.1) is 0 Å². The lowest BCUT2D eigenvalue weighted by molar-refractivity contribution is 1.19. The maximum absolute atomic E-state index is 2.57. The molecule has 0 radical (unpaired) electrons. The Balaban J connectivity index is 1.44. The Kier molecular flexibility index (Phi) is 3.57. The van der Waals surface area contributed by atoms with E-state index in [4.69, 9.17) is 0 Å². The molecule has 0 fully saturated rings. The molecule has 5 aromatic rings. The van der Waals surface area contributed by atoms with Crippen molar-refractivity contribution in [3.8, 4) is 0 Å². The lowest BCUT2D eigenvalue weighted by atomic mass is 9.29. The Morgan fingerprint density at radius 3 is 1.30 bits per heavy atom. The van der Waals surface area contributed by atoms with Gasteiger partial charge in [0, 0.05) is 53.9 Å². The fourth-order valence-corrected chi connectivity index (χ4v) is 7.61. The molecule has 3 nitrogen and oxygen atoms in total. The highest BCUT2D eigenvalue weighted by Crippen LogP contribution is 2.43. The summed E-state index contributed by atoms with van der Waals surface area (Å²) >= 11 is 0. The van der Waals surface area contributed by atoms with E-state index in [1.165, 1.54) is 72.6 Å². The van der Waals surface area contributed by atoms with Crippen molar-refractivity contribution in [1.29, 1.82) is 0 Å². The lowest BCUT2D eigenvalue weighted by Crippen LogP contribution is -2.68. The van der Waals surface area contributed by atoms with Crippen molar-refractivity contribution in [3.63, 3.8) is 0 Å². The number of hydrogen-bond donors (Lipinski definition) is 0. The molecule has 9 rings (SSSR count). The molecule has 0 bridgehead atoms. The molecule has 4 aliphatic rings. The maximum Gasteiger partial charge on any atom is 0.252 e. The van der Waals surface area contributed by atoms with Gasteiger partial charge in [0.1, 0.15) is 0 Å². The van der Waals surface area contributed by atoms with Crippen molar-refractivity contribution in [3.05, 3.63) is 103 Å². The number of benzene rings is 5. The van der Waals surface area contributed by atoms with Crippen molar-refractivity contribution in [1.82, 2.24) is 0 Å². The van der Waals surface area contributed by atoms with Crippen LogP contribution in [0.4, 0.5) is 39.8 Å². The summed E-state index contributed by atoms with van der Waals surface area (Å²) in [7, 11) is 4.41. The summed E-state index contributed by atoms with van der Waals surface area (Å²) in [5.74, 6) is 0. The van der Waals surface area contributed by atoms with Gasteiger partial charge in [-0.15, -0.1) is 0 Å². The van der Waals surface area contributed by atoms with Gasteiger partial charge in [-0.25, -0.2) is 0 Å². The van der Waals surface area contributed by atoms with Crippen molar-refractivity contribution in [2.75, 3.05) is 28.8 Å². The normalized spacial score (nSPS) is 15.0. The maximum atomic E-state index is 2.57. The third-order valence-electron chi connectivity index (χ3n) is 9.06. The van der Waals surface area contributed by atoms with Crippen LogP contribution < -0.4 is 47.5 Å². The molecule has 172 valence electrons. The molecule has 0 aliphatic carbocycles. The molecule has 37 heavy (non-hydrogen) atoms. The van der Waals surface area contributed by atoms with Crippen LogP contribution >= 0.6 is 0 Å². The molecular weight excluding hydrogens is 448 g/mol. The summed E-state index contributed by atoms with van der Waals surface area (Å²) in [5, 5.41) is 0. The molecule has 0 unspecified atom stereocenters. The predicted molar refractivity (Wildman–Crippen MR) is 159 cm³/mol. The van der Waals surface area contributed by atoms with Crippen molar-refractivity contribution in [2.45, 2.75) is 0 Å². The van der Waals surface area contributed by atoms with E-state index in [9.17, 15) is 0 Å². The molecule has 0 saturated heterocycles. The number of para-hydroxylation sites is 3. The van der Waals surface area contributed by atoms with E-state index in [0.29, 0.717) is 0 Å². The van der Waals surface area contributed by atoms with E-state index in [-0.39, 0.29) is 13.4 Å². The van der Waals surface area contributed by atoms with E-state index >= 15 is 0 Å². The topological polar surface area (TPSA) is 9.72 Å². The van der Waals surface area contributed by atoms with Gasteiger partial charge >= 0.3 is 0 Å². The first-order valence-electron chi connectivity index (χ1n) is 13.1. The quantitative estimate of drug-likeness (QED) is 0.315. The predicted octanol–water partition coefficient (Wildman–Crippen LogP) is 2.98. The van der Waals surface area contributed by atoms with Crippen LogP contribution in [0.2, 0.25) is 0 Å². The van der Waals surface area contributed by atoms with Crippen LogP contribution in [-0.2, 0) is 0 Å². The summed E-state index contributed by atoms with van der Waals surface area (Å²) < 4.78 is 0. The monoisotopic (exact) mass is 471 g/mol. The average molecular weight is 471 g/mol. The third kappa shape index (κ3) is 2.23. The van der Waals surface area contributed by atoms with Crippen molar-refractivity contribution < 1.29 is 0 Å². The summed E-state index contributed by atoms with van der Waals surface area (Å²) in [5.41, 5.74) is 17.6. The highest BCUT2D eigenvalue weighted by molar-refractivity contribution is 7.04. The van der Waals surface area contributed by atoms with Gasteiger partial charge < -0.3 is 14.7 Å². The number of fused-ring (bicyclic) bond motifs is 8. The minimum absolute atomic E-state index is 0.219. The highest BCUT2D eigenvalue weighted by atomic mass is 15.2. The first-order valence-corrected chi connectivity index (χ1v) is 13.1. The molecule has 0 spiro atoms. The first-order chi connectivity index (χ1) is 18.2. The molecule has 5 aromatic carbocycles. The number of anilines is 7. The van der Waals surface area contributed by atoms with Gasteiger partial charge in [0.15, 0.2) is 0 Å². The summed E-state index contributed by atoms with van der Waals surface area (Å²) in [6.45, 7) is 0.437. The molecule has 0 aromatic heterocycles. The van der Waals surface area contributed by atoms with E-state index in [1.54, 1.807) is 0 Å². The average Bonchev–Trinajstić information content (AvgIpc) is 2.95. The largest absolute Gasteiger partial charge is 0.345 e. The van der Waals surface area contributed by atoms with Crippen LogP contribution in [0.5, 0.6) is 0 Å². The lowest BCUT2D eigenvalue weighted by Gasteiger charge is -2.48. The Morgan fingerprint density at radius 1 is 0.405 bits per heavy atom. The van der Waals surface area contributed by atoms with Gasteiger partial charge in [-0.2, -0.15) is 0 Å². The Morgan fingerprint density at radius 2 is 0.784 bits per heavy atom. The molecule has 0 atom stereocenters. The van der Waals surface area contributed by atoms with Gasteiger partial charge in [0.2, 0.25) is 0 Å². The van der Waals surface area contributed by atoms with Gasteiger partial charge in [-0.3, -0.25) is 0 Å².